The molecule has 3 rings (SSSR count). The molecular formula is C24H27N3O4. The fraction of sp³-hybridized carbons (Fsp3) is 0.250. The maximum absolute atomic E-state index is 12.8. The van der Waals surface area contributed by atoms with Gasteiger partial charge in [0.1, 0.15) is 18.1 Å². The minimum absolute atomic E-state index is 0.0796. The van der Waals surface area contributed by atoms with Crippen molar-refractivity contribution in [2.24, 2.45) is 7.05 Å². The zero-order valence-electron chi connectivity index (χ0n) is 18.2. The fourth-order valence-electron chi connectivity index (χ4n) is 3.13. The van der Waals surface area contributed by atoms with Crippen LogP contribution in [0.15, 0.2) is 60.4 Å². The number of rotatable bonds is 8. The Kier molecular flexibility index (Phi) is 7.10. The number of nitrogens with one attached hydrogen (secondary N) is 1. The number of hydrogen-bond donors (Lipinski definition) is 1. The van der Waals surface area contributed by atoms with E-state index in [1.165, 1.54) is 0 Å². The van der Waals surface area contributed by atoms with E-state index < -0.39 is 11.9 Å². The van der Waals surface area contributed by atoms with Gasteiger partial charge in [0, 0.05) is 41.8 Å². The molecule has 0 bridgehead atoms. The first kappa shape index (κ1) is 22.1. The van der Waals surface area contributed by atoms with Crippen molar-refractivity contribution < 1.29 is 19.1 Å². The number of ether oxygens (including phenoxy) is 2. The topological polar surface area (TPSA) is 72.8 Å². The van der Waals surface area contributed by atoms with Gasteiger partial charge < -0.3 is 24.3 Å². The van der Waals surface area contributed by atoms with Crippen molar-refractivity contribution in [3.63, 3.8) is 0 Å². The molecule has 0 saturated carbocycles. The Labute approximate surface area is 181 Å². The maximum atomic E-state index is 12.8. The van der Waals surface area contributed by atoms with Crippen LogP contribution in [0.3, 0.4) is 0 Å². The number of carbonyl (C=O) groups excluding carboxylic acids is 2. The minimum atomic E-state index is -0.586. The predicted molar refractivity (Wildman–Crippen MR) is 121 cm³/mol. The molecule has 3 aromatic rings. The zero-order chi connectivity index (χ0) is 22.4. The SMILES string of the molecule is COc1ccc(C(=O)NC(=Cc2cn(C)c3ccccc23)C(=O)OCCN(C)C)cc1. The van der Waals surface area contributed by atoms with E-state index >= 15 is 0 Å². The lowest BCUT2D eigenvalue weighted by molar-refractivity contribution is -0.139. The van der Waals surface area contributed by atoms with Crippen LogP contribution in [-0.2, 0) is 16.6 Å². The number of aryl methyl sites for hydroxylation is 1. The van der Waals surface area contributed by atoms with Gasteiger partial charge in [-0.15, -0.1) is 0 Å². The lowest BCUT2D eigenvalue weighted by Crippen LogP contribution is -2.30. The van der Waals surface area contributed by atoms with Crippen LogP contribution < -0.4 is 10.1 Å². The van der Waals surface area contributed by atoms with Crippen LogP contribution in [0, 0.1) is 0 Å². The highest BCUT2D eigenvalue weighted by molar-refractivity contribution is 6.04. The second-order valence-electron chi connectivity index (χ2n) is 7.39. The molecule has 7 heteroatoms. The molecule has 31 heavy (non-hydrogen) atoms. The maximum Gasteiger partial charge on any atom is 0.354 e. The Hall–Kier alpha value is -3.58. The summed E-state index contributed by atoms with van der Waals surface area (Å²) in [6, 6.07) is 14.5. The van der Waals surface area contributed by atoms with E-state index in [4.69, 9.17) is 9.47 Å². The van der Waals surface area contributed by atoms with Crippen molar-refractivity contribution in [2.45, 2.75) is 0 Å². The van der Waals surface area contributed by atoms with Gasteiger partial charge in [0.05, 0.1) is 7.11 Å². The number of benzene rings is 2. The molecule has 2 aromatic carbocycles. The van der Waals surface area contributed by atoms with Crippen LogP contribution in [0.1, 0.15) is 15.9 Å². The van der Waals surface area contributed by atoms with Crippen molar-refractivity contribution >= 4 is 28.9 Å². The van der Waals surface area contributed by atoms with Crippen molar-refractivity contribution in [1.82, 2.24) is 14.8 Å². The minimum Gasteiger partial charge on any atom is -0.497 e. The summed E-state index contributed by atoms with van der Waals surface area (Å²) in [6.45, 7) is 0.802. The van der Waals surface area contributed by atoms with E-state index in [-0.39, 0.29) is 12.3 Å². The van der Waals surface area contributed by atoms with Crippen molar-refractivity contribution in [3.8, 4) is 5.75 Å². The highest BCUT2D eigenvalue weighted by Gasteiger charge is 2.17. The quantitative estimate of drug-likeness (QED) is 0.447. The van der Waals surface area contributed by atoms with E-state index in [1.54, 1.807) is 37.5 Å². The number of fused-ring (bicyclic) bond motifs is 1. The van der Waals surface area contributed by atoms with Gasteiger partial charge in [0.15, 0.2) is 0 Å². The number of esters is 1. The van der Waals surface area contributed by atoms with Gasteiger partial charge in [-0.25, -0.2) is 4.79 Å². The van der Waals surface area contributed by atoms with Gasteiger partial charge in [0.2, 0.25) is 0 Å². The van der Waals surface area contributed by atoms with Crippen LogP contribution in [0.4, 0.5) is 0 Å². The second-order valence-corrected chi connectivity index (χ2v) is 7.39. The van der Waals surface area contributed by atoms with Gasteiger partial charge >= 0.3 is 5.97 Å². The summed E-state index contributed by atoms with van der Waals surface area (Å²) in [5, 5.41) is 3.69. The molecule has 162 valence electrons. The fourth-order valence-corrected chi connectivity index (χ4v) is 3.13. The number of aromatic nitrogens is 1. The van der Waals surface area contributed by atoms with Gasteiger partial charge in [-0.1, -0.05) is 18.2 Å². The van der Waals surface area contributed by atoms with E-state index in [2.05, 4.69) is 5.32 Å². The van der Waals surface area contributed by atoms with Gasteiger partial charge in [0.25, 0.3) is 5.91 Å². The molecule has 0 saturated heterocycles. The Bertz CT molecular complexity index is 1100. The molecule has 0 aliphatic carbocycles. The molecule has 0 unspecified atom stereocenters. The van der Waals surface area contributed by atoms with Crippen LogP contribution in [-0.4, -0.2) is 55.7 Å². The largest absolute Gasteiger partial charge is 0.497 e. The average Bonchev–Trinajstić information content (AvgIpc) is 3.08. The first-order valence-corrected chi connectivity index (χ1v) is 9.92. The number of likely N-dealkylation sites (N-methyl/N-ethyl adjacent to an activating group) is 1. The summed E-state index contributed by atoms with van der Waals surface area (Å²) in [6.07, 6.45) is 3.57. The smallest absolute Gasteiger partial charge is 0.354 e. The number of carbonyl (C=O) groups is 2. The summed E-state index contributed by atoms with van der Waals surface area (Å²) >= 11 is 0. The van der Waals surface area contributed by atoms with Crippen molar-refractivity contribution in [3.05, 3.63) is 71.6 Å². The molecule has 0 atom stereocenters. The summed E-state index contributed by atoms with van der Waals surface area (Å²) in [4.78, 5) is 27.5. The number of amides is 1. The molecular weight excluding hydrogens is 394 g/mol. The third-order valence-electron chi connectivity index (χ3n) is 4.82. The first-order chi connectivity index (χ1) is 14.9. The Balaban J connectivity index is 1.90. The third kappa shape index (κ3) is 5.52. The molecule has 1 N–H and O–H groups in total. The Morgan fingerprint density at radius 1 is 1.10 bits per heavy atom. The monoisotopic (exact) mass is 421 g/mol. The summed E-state index contributed by atoms with van der Waals surface area (Å²) in [5.41, 5.74) is 2.32. The van der Waals surface area contributed by atoms with E-state index in [0.29, 0.717) is 17.9 Å². The highest BCUT2D eigenvalue weighted by atomic mass is 16.5. The number of nitrogens with zero attached hydrogens (tertiary/aromatic N) is 2. The Morgan fingerprint density at radius 2 is 1.81 bits per heavy atom. The molecule has 0 fully saturated rings. The highest BCUT2D eigenvalue weighted by Crippen LogP contribution is 2.22. The van der Waals surface area contributed by atoms with Crippen LogP contribution in [0.2, 0.25) is 0 Å². The standard InChI is InChI=1S/C24H27N3O4/c1-26(2)13-14-31-24(29)21(25-23(28)17-9-11-19(30-4)12-10-17)15-18-16-27(3)22-8-6-5-7-20(18)22/h5-12,15-16H,13-14H2,1-4H3,(H,25,28). The number of methoxy groups -OCH3 is 1. The lowest BCUT2D eigenvalue weighted by Gasteiger charge is -2.13. The number of para-hydroxylation sites is 1. The molecule has 0 spiro atoms. The van der Waals surface area contributed by atoms with E-state index in [1.807, 2.05) is 61.1 Å². The molecule has 1 aromatic heterocycles. The molecule has 0 aliphatic heterocycles. The summed E-state index contributed by atoms with van der Waals surface area (Å²) < 4.78 is 12.5. The second kappa shape index (κ2) is 9.95. The van der Waals surface area contributed by atoms with Crippen LogP contribution >= 0.6 is 0 Å². The van der Waals surface area contributed by atoms with E-state index in [9.17, 15) is 9.59 Å². The molecule has 0 radical (unpaired) electrons. The molecule has 0 aliphatic rings. The van der Waals surface area contributed by atoms with E-state index in [0.717, 1.165) is 16.5 Å². The normalized spacial score (nSPS) is 11.6. The van der Waals surface area contributed by atoms with Gasteiger partial charge in [-0.2, -0.15) is 0 Å². The summed E-state index contributed by atoms with van der Waals surface area (Å²) in [5.74, 6) is -0.346. The average molecular weight is 421 g/mol. The number of hydrogen-bond acceptors (Lipinski definition) is 5. The van der Waals surface area contributed by atoms with Crippen LogP contribution in [0.25, 0.3) is 17.0 Å². The molecule has 1 heterocycles. The van der Waals surface area contributed by atoms with Gasteiger partial charge in [-0.05, 0) is 50.5 Å². The van der Waals surface area contributed by atoms with Crippen LogP contribution in [0.5, 0.6) is 5.75 Å². The first-order valence-electron chi connectivity index (χ1n) is 9.92. The predicted octanol–water partition coefficient (Wildman–Crippen LogP) is 3.06. The molecule has 1 amide bonds. The van der Waals surface area contributed by atoms with Crippen molar-refractivity contribution in [2.75, 3.05) is 34.4 Å². The zero-order valence-corrected chi connectivity index (χ0v) is 18.2. The molecule has 7 nitrogen and oxygen atoms in total. The van der Waals surface area contributed by atoms with Gasteiger partial charge in [-0.3, -0.25) is 4.79 Å². The summed E-state index contributed by atoms with van der Waals surface area (Å²) in [7, 11) is 7.28. The Morgan fingerprint density at radius 3 is 2.48 bits per heavy atom. The third-order valence-corrected chi connectivity index (χ3v) is 4.82. The van der Waals surface area contributed by atoms with Crippen molar-refractivity contribution in [1.29, 1.82) is 0 Å². The lowest BCUT2D eigenvalue weighted by atomic mass is 10.1.